The van der Waals surface area contributed by atoms with Crippen molar-refractivity contribution < 1.29 is 5.11 Å². The second-order valence-corrected chi connectivity index (χ2v) is 4.84. The first-order valence-electron chi connectivity index (χ1n) is 6.17. The van der Waals surface area contributed by atoms with Gasteiger partial charge in [0.25, 0.3) is 0 Å². The number of nitrogens with zero attached hydrogens (tertiary/aromatic N) is 1. The maximum Gasteiger partial charge on any atom is 0.0942 e. The van der Waals surface area contributed by atoms with Gasteiger partial charge in [-0.05, 0) is 45.3 Å². The highest BCUT2D eigenvalue weighted by Crippen LogP contribution is 2.24. The molecule has 88 valence electrons. The minimum absolute atomic E-state index is 0.227. The minimum atomic E-state index is -0.362. The van der Waals surface area contributed by atoms with Crippen molar-refractivity contribution in [2.45, 2.75) is 38.8 Å². The van der Waals surface area contributed by atoms with Gasteiger partial charge in [-0.25, -0.2) is 0 Å². The van der Waals surface area contributed by atoms with Crippen molar-refractivity contribution in [2.24, 2.45) is 0 Å². The number of likely N-dealkylation sites (tertiary alicyclic amines) is 1. The molecule has 1 fully saturated rings. The Balaban J connectivity index is 2.05. The fraction of sp³-hybridized carbons (Fsp3) is 0.571. The Morgan fingerprint density at radius 2 is 1.69 bits per heavy atom. The maximum atomic E-state index is 10.3. The fourth-order valence-electron chi connectivity index (χ4n) is 2.39. The average molecular weight is 219 g/mol. The summed E-state index contributed by atoms with van der Waals surface area (Å²) in [7, 11) is 0. The number of rotatable bonds is 3. The van der Waals surface area contributed by atoms with Crippen LogP contribution in [0.15, 0.2) is 24.3 Å². The summed E-state index contributed by atoms with van der Waals surface area (Å²) in [5.74, 6) is 0. The van der Waals surface area contributed by atoms with Crippen molar-refractivity contribution in [2.75, 3.05) is 13.1 Å². The highest BCUT2D eigenvalue weighted by atomic mass is 16.3. The van der Waals surface area contributed by atoms with Gasteiger partial charge in [-0.2, -0.15) is 0 Å². The van der Waals surface area contributed by atoms with Gasteiger partial charge >= 0.3 is 0 Å². The molecule has 2 rings (SSSR count). The third-order valence-electron chi connectivity index (χ3n) is 3.59. The van der Waals surface area contributed by atoms with Crippen LogP contribution in [-0.4, -0.2) is 29.1 Å². The molecule has 1 aromatic carbocycles. The van der Waals surface area contributed by atoms with Crippen LogP contribution in [0.3, 0.4) is 0 Å². The Hall–Kier alpha value is -0.860. The number of benzene rings is 1. The zero-order valence-electron chi connectivity index (χ0n) is 10.2. The van der Waals surface area contributed by atoms with Gasteiger partial charge in [-0.1, -0.05) is 29.8 Å². The summed E-state index contributed by atoms with van der Waals surface area (Å²) in [4.78, 5) is 2.38. The molecule has 1 N–H and O–H groups in total. The van der Waals surface area contributed by atoms with E-state index in [1.54, 1.807) is 0 Å². The van der Waals surface area contributed by atoms with Crippen molar-refractivity contribution >= 4 is 0 Å². The van der Waals surface area contributed by atoms with Crippen LogP contribution in [0.25, 0.3) is 0 Å². The average Bonchev–Trinajstić information content (AvgIpc) is 2.81. The predicted molar refractivity (Wildman–Crippen MR) is 66.4 cm³/mol. The monoisotopic (exact) mass is 219 g/mol. The number of hydrogen-bond donors (Lipinski definition) is 1. The lowest BCUT2D eigenvalue weighted by molar-refractivity contribution is 0.0716. The molecule has 1 aliphatic heterocycles. The molecular weight excluding hydrogens is 198 g/mol. The van der Waals surface area contributed by atoms with E-state index in [9.17, 15) is 5.11 Å². The van der Waals surface area contributed by atoms with Crippen LogP contribution < -0.4 is 0 Å². The summed E-state index contributed by atoms with van der Waals surface area (Å²) in [6.45, 7) is 6.45. The van der Waals surface area contributed by atoms with Crippen molar-refractivity contribution in [3.8, 4) is 0 Å². The van der Waals surface area contributed by atoms with Crippen LogP contribution >= 0.6 is 0 Å². The normalized spacial score (nSPS) is 20.9. The second-order valence-electron chi connectivity index (χ2n) is 4.84. The lowest BCUT2D eigenvalue weighted by Gasteiger charge is -2.28. The molecule has 1 heterocycles. The molecule has 0 unspecified atom stereocenters. The summed E-state index contributed by atoms with van der Waals surface area (Å²) in [5.41, 5.74) is 2.27. The minimum Gasteiger partial charge on any atom is -0.387 e. The molecule has 1 saturated heterocycles. The Kier molecular flexibility index (Phi) is 3.62. The van der Waals surface area contributed by atoms with Gasteiger partial charge in [0.1, 0.15) is 0 Å². The number of hydrogen-bond acceptors (Lipinski definition) is 2. The molecule has 0 amide bonds. The lowest BCUT2D eigenvalue weighted by Crippen LogP contribution is -2.35. The summed E-state index contributed by atoms with van der Waals surface area (Å²) in [6.07, 6.45) is 2.18. The van der Waals surface area contributed by atoms with Gasteiger partial charge in [-0.15, -0.1) is 0 Å². The Morgan fingerprint density at radius 3 is 2.25 bits per heavy atom. The van der Waals surface area contributed by atoms with Crippen molar-refractivity contribution in [1.82, 2.24) is 4.90 Å². The second kappa shape index (κ2) is 4.98. The molecule has 0 aliphatic carbocycles. The SMILES string of the molecule is Cc1ccc([C@H](O)[C@@H](C)N2CCCC2)cc1. The molecule has 0 aromatic heterocycles. The third kappa shape index (κ3) is 2.45. The molecule has 0 spiro atoms. The third-order valence-corrected chi connectivity index (χ3v) is 3.59. The molecule has 2 atom stereocenters. The van der Waals surface area contributed by atoms with E-state index < -0.39 is 0 Å². The first-order valence-corrected chi connectivity index (χ1v) is 6.17. The van der Waals surface area contributed by atoms with E-state index in [0.29, 0.717) is 0 Å². The largest absolute Gasteiger partial charge is 0.387 e. The van der Waals surface area contributed by atoms with Crippen molar-refractivity contribution in [3.05, 3.63) is 35.4 Å². The number of aliphatic hydroxyl groups is 1. The van der Waals surface area contributed by atoms with Crippen LogP contribution in [0.4, 0.5) is 0 Å². The van der Waals surface area contributed by atoms with Crippen LogP contribution in [0.1, 0.15) is 37.0 Å². The first-order chi connectivity index (χ1) is 7.68. The highest BCUT2D eigenvalue weighted by Gasteiger charge is 2.24. The first kappa shape index (κ1) is 11.6. The van der Waals surface area contributed by atoms with Gasteiger partial charge in [0.05, 0.1) is 6.10 Å². The van der Waals surface area contributed by atoms with E-state index in [2.05, 4.69) is 30.9 Å². The van der Waals surface area contributed by atoms with Gasteiger partial charge in [0, 0.05) is 6.04 Å². The number of aryl methyl sites for hydroxylation is 1. The lowest BCUT2D eigenvalue weighted by atomic mass is 10.0. The van der Waals surface area contributed by atoms with E-state index in [-0.39, 0.29) is 12.1 Å². The molecule has 2 heteroatoms. The van der Waals surface area contributed by atoms with Gasteiger partial charge in [-0.3, -0.25) is 4.90 Å². The van der Waals surface area contributed by atoms with Crippen LogP contribution in [0, 0.1) is 6.92 Å². The molecule has 2 nitrogen and oxygen atoms in total. The summed E-state index contributed by atoms with van der Waals surface area (Å²) < 4.78 is 0. The number of aliphatic hydroxyl groups excluding tert-OH is 1. The Bertz CT molecular complexity index is 327. The van der Waals surface area contributed by atoms with Gasteiger partial charge in [0.15, 0.2) is 0 Å². The van der Waals surface area contributed by atoms with Crippen molar-refractivity contribution in [3.63, 3.8) is 0 Å². The summed E-state index contributed by atoms with van der Waals surface area (Å²) in [5, 5.41) is 10.3. The molecule has 16 heavy (non-hydrogen) atoms. The standard InChI is InChI=1S/C14H21NO/c1-11-5-7-13(8-6-11)14(16)12(2)15-9-3-4-10-15/h5-8,12,14,16H,3-4,9-10H2,1-2H3/t12-,14-/m1/s1. The van der Waals surface area contributed by atoms with Gasteiger partial charge in [0.2, 0.25) is 0 Å². The predicted octanol–water partition coefficient (Wildman–Crippen LogP) is 2.51. The molecule has 1 aliphatic rings. The Morgan fingerprint density at radius 1 is 1.12 bits per heavy atom. The topological polar surface area (TPSA) is 23.5 Å². The molecule has 0 radical (unpaired) electrons. The summed E-state index contributed by atoms with van der Waals surface area (Å²) >= 11 is 0. The van der Waals surface area contributed by atoms with E-state index in [4.69, 9.17) is 0 Å². The highest BCUT2D eigenvalue weighted by molar-refractivity contribution is 5.24. The van der Waals surface area contributed by atoms with Crippen LogP contribution in [-0.2, 0) is 0 Å². The Labute approximate surface area is 97.9 Å². The zero-order valence-corrected chi connectivity index (χ0v) is 10.2. The zero-order chi connectivity index (χ0) is 11.5. The van der Waals surface area contributed by atoms with Crippen molar-refractivity contribution in [1.29, 1.82) is 0 Å². The van der Waals surface area contributed by atoms with E-state index in [1.165, 1.54) is 18.4 Å². The van der Waals surface area contributed by atoms with E-state index >= 15 is 0 Å². The van der Waals surface area contributed by atoms with Crippen LogP contribution in [0.5, 0.6) is 0 Å². The smallest absolute Gasteiger partial charge is 0.0942 e. The molecule has 1 aromatic rings. The summed E-state index contributed by atoms with van der Waals surface area (Å²) in [6, 6.07) is 8.43. The molecular formula is C14H21NO. The van der Waals surface area contributed by atoms with E-state index in [1.807, 2.05) is 12.1 Å². The maximum absolute atomic E-state index is 10.3. The van der Waals surface area contributed by atoms with E-state index in [0.717, 1.165) is 18.7 Å². The quantitative estimate of drug-likeness (QED) is 0.844. The van der Waals surface area contributed by atoms with Crippen LogP contribution in [0.2, 0.25) is 0 Å². The molecule has 0 saturated carbocycles. The van der Waals surface area contributed by atoms with Gasteiger partial charge < -0.3 is 5.11 Å². The molecule has 0 bridgehead atoms. The fourth-order valence-corrected chi connectivity index (χ4v) is 2.39.